The van der Waals surface area contributed by atoms with Gasteiger partial charge >= 0.3 is 12.0 Å². The summed E-state index contributed by atoms with van der Waals surface area (Å²) >= 11 is 2.63. The molecule has 1 saturated heterocycles. The normalized spacial score (nSPS) is 15.0. The fourth-order valence-corrected chi connectivity index (χ4v) is 5.97. The Labute approximate surface area is 215 Å². The number of nitrogens with zero attached hydrogens (tertiary/aromatic N) is 4. The number of carbonyl (C=O) groups excluding carboxylic acids is 1. The lowest BCUT2D eigenvalue weighted by molar-refractivity contribution is -0.150. The molecule has 1 aromatic carbocycles. The van der Waals surface area contributed by atoms with E-state index in [-0.39, 0.29) is 6.03 Å². The molecule has 0 spiro atoms. The van der Waals surface area contributed by atoms with E-state index in [0.717, 1.165) is 21.5 Å². The van der Waals surface area contributed by atoms with E-state index in [4.69, 9.17) is 4.98 Å². The lowest BCUT2D eigenvalue weighted by Gasteiger charge is -2.32. The lowest BCUT2D eigenvalue weighted by atomic mass is 9.76. The highest BCUT2D eigenvalue weighted by Gasteiger charge is 2.40. The van der Waals surface area contributed by atoms with Gasteiger partial charge in [0.15, 0.2) is 5.13 Å². The summed E-state index contributed by atoms with van der Waals surface area (Å²) in [6, 6.07) is 9.31. The molecule has 0 saturated carbocycles. The molecule has 0 aliphatic carbocycles. The molecule has 4 aromatic rings. The number of carboxylic acid groups (broad SMARTS) is 1. The van der Waals surface area contributed by atoms with E-state index in [1.165, 1.54) is 22.9 Å². The molecule has 4 heterocycles. The second-order valence-electron chi connectivity index (χ2n) is 8.62. The van der Waals surface area contributed by atoms with Crippen molar-refractivity contribution in [2.75, 3.05) is 25.0 Å². The molecule has 3 aromatic heterocycles. The Kier molecular flexibility index (Phi) is 6.90. The molecule has 5 rings (SSSR count). The highest BCUT2D eigenvalue weighted by Crippen LogP contribution is 2.39. The number of aliphatic carboxylic acids is 1. The van der Waals surface area contributed by atoms with E-state index in [2.05, 4.69) is 30.3 Å². The van der Waals surface area contributed by atoms with Crippen LogP contribution in [0.3, 0.4) is 0 Å². The first-order valence-electron chi connectivity index (χ1n) is 11.7. The van der Waals surface area contributed by atoms with Gasteiger partial charge < -0.3 is 15.7 Å². The Hall–Kier alpha value is -3.48. The van der Waals surface area contributed by atoms with Gasteiger partial charge in [-0.25, -0.2) is 14.8 Å². The SMILES string of the molecule is CCNC(=O)Nc1nc2cc(-c3nc(CC4(C(=O)O)CCNCC4)ns3)cc(-c3ccccn3)c2s1. The van der Waals surface area contributed by atoms with Crippen LogP contribution >= 0.6 is 22.9 Å². The van der Waals surface area contributed by atoms with Crippen LogP contribution in [0.5, 0.6) is 0 Å². The number of hydrogen-bond acceptors (Lipinski definition) is 9. The number of fused-ring (bicyclic) bond motifs is 1. The second-order valence-corrected chi connectivity index (χ2v) is 10.4. The van der Waals surface area contributed by atoms with Crippen molar-refractivity contribution in [3.05, 3.63) is 42.4 Å². The minimum absolute atomic E-state index is 0.299. The maximum absolute atomic E-state index is 12.1. The third-order valence-corrected chi connectivity index (χ3v) is 8.04. The molecule has 1 aliphatic heterocycles. The molecular formula is C24H25N7O3S2. The molecule has 12 heteroatoms. The van der Waals surface area contributed by atoms with E-state index in [9.17, 15) is 14.7 Å². The van der Waals surface area contributed by atoms with Gasteiger partial charge in [-0.2, -0.15) is 4.37 Å². The third-order valence-electron chi connectivity index (χ3n) is 6.21. The number of pyridine rings is 1. The Bertz CT molecular complexity index is 1400. The van der Waals surface area contributed by atoms with Crippen molar-refractivity contribution < 1.29 is 14.7 Å². The minimum atomic E-state index is -0.846. The summed E-state index contributed by atoms with van der Waals surface area (Å²) in [6.07, 6.45) is 3.13. The van der Waals surface area contributed by atoms with Gasteiger partial charge in [-0.3, -0.25) is 15.1 Å². The van der Waals surface area contributed by atoms with Crippen LogP contribution in [0.2, 0.25) is 0 Å². The summed E-state index contributed by atoms with van der Waals surface area (Å²) in [5.74, 6) is -0.260. The van der Waals surface area contributed by atoms with Gasteiger partial charge in [-0.15, -0.1) is 0 Å². The first kappa shape index (κ1) is 24.2. The summed E-state index contributed by atoms with van der Waals surface area (Å²) in [5, 5.41) is 19.8. The van der Waals surface area contributed by atoms with E-state index in [1.807, 2.05) is 37.3 Å². The van der Waals surface area contributed by atoms with E-state index in [1.54, 1.807) is 6.20 Å². The van der Waals surface area contributed by atoms with Crippen LogP contribution in [-0.4, -0.2) is 56.1 Å². The first-order valence-corrected chi connectivity index (χ1v) is 13.2. The minimum Gasteiger partial charge on any atom is -0.481 e. The topological polar surface area (TPSA) is 142 Å². The van der Waals surface area contributed by atoms with Gasteiger partial charge in [0.25, 0.3) is 0 Å². The van der Waals surface area contributed by atoms with Crippen LogP contribution in [0.25, 0.3) is 32.0 Å². The number of nitrogens with one attached hydrogen (secondary N) is 3. The highest BCUT2D eigenvalue weighted by atomic mass is 32.1. The summed E-state index contributed by atoms with van der Waals surface area (Å²) < 4.78 is 5.41. The predicted molar refractivity (Wildman–Crippen MR) is 140 cm³/mol. The highest BCUT2D eigenvalue weighted by molar-refractivity contribution is 7.23. The zero-order chi connectivity index (χ0) is 25.1. The maximum Gasteiger partial charge on any atom is 0.321 e. The van der Waals surface area contributed by atoms with Gasteiger partial charge in [-0.05, 0) is 68.7 Å². The predicted octanol–water partition coefficient (Wildman–Crippen LogP) is 4.02. The molecule has 36 heavy (non-hydrogen) atoms. The molecule has 0 unspecified atom stereocenters. The number of hydrogen-bond donors (Lipinski definition) is 4. The fourth-order valence-electron chi connectivity index (χ4n) is 4.34. The average Bonchev–Trinajstić information content (AvgIpc) is 3.51. The van der Waals surface area contributed by atoms with E-state index < -0.39 is 11.4 Å². The largest absolute Gasteiger partial charge is 0.481 e. The maximum atomic E-state index is 12.1. The molecule has 1 fully saturated rings. The molecule has 10 nitrogen and oxygen atoms in total. The van der Waals surface area contributed by atoms with Crippen LogP contribution in [0, 0.1) is 5.41 Å². The van der Waals surface area contributed by atoms with Crippen LogP contribution in [0.1, 0.15) is 25.6 Å². The summed E-state index contributed by atoms with van der Waals surface area (Å²) in [6.45, 7) is 3.70. The number of rotatable bonds is 7. The Morgan fingerprint density at radius 1 is 1.19 bits per heavy atom. The Morgan fingerprint density at radius 2 is 2.03 bits per heavy atom. The second kappa shape index (κ2) is 10.2. The van der Waals surface area contributed by atoms with Crippen molar-refractivity contribution in [3.8, 4) is 21.8 Å². The fraction of sp³-hybridized carbons (Fsp3) is 0.333. The van der Waals surface area contributed by atoms with Gasteiger partial charge in [0.2, 0.25) is 0 Å². The van der Waals surface area contributed by atoms with Crippen LogP contribution in [0.4, 0.5) is 9.93 Å². The van der Waals surface area contributed by atoms with Crippen molar-refractivity contribution in [1.82, 2.24) is 30.0 Å². The summed E-state index contributed by atoms with van der Waals surface area (Å²) in [4.78, 5) is 38.0. The number of amides is 2. The number of benzene rings is 1. The molecule has 1 aliphatic rings. The molecule has 2 amide bonds. The monoisotopic (exact) mass is 523 g/mol. The third kappa shape index (κ3) is 4.92. The molecular weight excluding hydrogens is 498 g/mol. The van der Waals surface area contributed by atoms with Gasteiger partial charge in [0.05, 0.1) is 21.3 Å². The number of aromatic nitrogens is 4. The summed E-state index contributed by atoms with van der Waals surface area (Å²) in [7, 11) is 0. The molecule has 0 radical (unpaired) electrons. The average molecular weight is 524 g/mol. The Balaban J connectivity index is 1.52. The van der Waals surface area contributed by atoms with Crippen LogP contribution < -0.4 is 16.0 Å². The van der Waals surface area contributed by atoms with Gasteiger partial charge in [-0.1, -0.05) is 17.4 Å². The lowest BCUT2D eigenvalue weighted by Crippen LogP contribution is -2.43. The number of urea groups is 1. The van der Waals surface area contributed by atoms with E-state index in [0.29, 0.717) is 60.4 Å². The van der Waals surface area contributed by atoms with Gasteiger partial charge in [0.1, 0.15) is 10.8 Å². The Morgan fingerprint density at radius 3 is 2.75 bits per heavy atom. The van der Waals surface area contributed by atoms with E-state index >= 15 is 0 Å². The van der Waals surface area contributed by atoms with Crippen LogP contribution in [0.15, 0.2) is 36.5 Å². The summed E-state index contributed by atoms with van der Waals surface area (Å²) in [5.41, 5.74) is 2.34. The molecule has 0 bridgehead atoms. The van der Waals surface area contributed by atoms with Crippen molar-refractivity contribution >= 4 is 50.2 Å². The van der Waals surface area contributed by atoms with Crippen molar-refractivity contribution in [3.63, 3.8) is 0 Å². The number of thiazole rings is 1. The van der Waals surface area contributed by atoms with Gasteiger partial charge in [0, 0.05) is 30.3 Å². The molecule has 0 atom stereocenters. The molecule has 4 N–H and O–H groups in total. The van der Waals surface area contributed by atoms with Crippen molar-refractivity contribution in [2.45, 2.75) is 26.2 Å². The van der Waals surface area contributed by atoms with Crippen LogP contribution in [-0.2, 0) is 11.2 Å². The zero-order valence-electron chi connectivity index (χ0n) is 19.6. The smallest absolute Gasteiger partial charge is 0.321 e. The number of piperidine rings is 1. The van der Waals surface area contributed by atoms with Crippen molar-refractivity contribution in [1.29, 1.82) is 0 Å². The van der Waals surface area contributed by atoms with Crippen molar-refractivity contribution in [2.24, 2.45) is 5.41 Å². The standard InChI is InChI=1S/C24H25N7O3S2/c1-2-26-22(34)30-23-28-17-12-14(11-15(19(17)35-23)16-5-3-4-8-27-16)20-29-18(31-36-20)13-24(21(32)33)6-9-25-10-7-24/h3-5,8,11-12,25H,2,6-7,9-10,13H2,1H3,(H,32,33)(H2,26,28,30,34). The quantitative estimate of drug-likeness (QED) is 0.285. The number of carboxylic acids is 1. The number of anilines is 1. The zero-order valence-corrected chi connectivity index (χ0v) is 21.2. The first-order chi connectivity index (χ1) is 17.5. The molecule has 186 valence electrons. The number of carbonyl (C=O) groups is 2.